The van der Waals surface area contributed by atoms with Gasteiger partial charge in [-0.25, -0.2) is 17.4 Å². The number of rotatable bonds is 4. The first kappa shape index (κ1) is 20.8. The molecule has 7 nitrogen and oxygen atoms in total. The molecule has 0 radical (unpaired) electrons. The second-order valence-corrected chi connectivity index (χ2v) is 9.56. The molecule has 5 rings (SSSR count). The zero-order chi connectivity index (χ0) is 23.2. The molecule has 1 amide bonds. The lowest BCUT2D eigenvalue weighted by molar-refractivity contribution is 0.0963. The van der Waals surface area contributed by atoms with Crippen LogP contribution >= 0.6 is 0 Å². The number of fused-ring (bicyclic) bond motifs is 2. The highest BCUT2D eigenvalue weighted by Crippen LogP contribution is 2.34. The smallest absolute Gasteiger partial charge is 0.269 e. The van der Waals surface area contributed by atoms with Crippen molar-refractivity contribution in [2.24, 2.45) is 0 Å². The first-order chi connectivity index (χ1) is 15.9. The van der Waals surface area contributed by atoms with Gasteiger partial charge < -0.3 is 5.32 Å². The van der Waals surface area contributed by atoms with Crippen molar-refractivity contribution in [1.82, 2.24) is 19.3 Å². The average molecular weight is 457 g/mol. The molecule has 3 aromatic heterocycles. The van der Waals surface area contributed by atoms with Crippen LogP contribution in [0.2, 0.25) is 0 Å². The molecule has 3 heterocycles. The Morgan fingerprint density at radius 2 is 1.79 bits per heavy atom. The summed E-state index contributed by atoms with van der Waals surface area (Å²) >= 11 is 0. The minimum atomic E-state index is -3.91. The van der Waals surface area contributed by atoms with E-state index in [9.17, 15) is 13.2 Å². The van der Waals surface area contributed by atoms with Gasteiger partial charge in [-0.15, -0.1) is 0 Å². The molecular weight excluding hydrogens is 436 g/mol. The third kappa shape index (κ3) is 3.54. The Bertz CT molecular complexity index is 1640. The summed E-state index contributed by atoms with van der Waals surface area (Å²) in [5.74, 6) is -0.299. The van der Waals surface area contributed by atoms with Crippen LogP contribution in [0.15, 0.2) is 84.1 Å². The van der Waals surface area contributed by atoms with Gasteiger partial charge in [0.25, 0.3) is 15.9 Å². The summed E-state index contributed by atoms with van der Waals surface area (Å²) in [7, 11) is -2.37. The van der Waals surface area contributed by atoms with E-state index >= 15 is 0 Å². The summed E-state index contributed by atoms with van der Waals surface area (Å²) in [6, 6.07) is 17.9. The van der Waals surface area contributed by atoms with Crippen molar-refractivity contribution in [2.75, 3.05) is 7.05 Å². The van der Waals surface area contributed by atoms with Crippen LogP contribution in [0.3, 0.4) is 0 Å². The molecule has 8 heteroatoms. The van der Waals surface area contributed by atoms with E-state index in [4.69, 9.17) is 0 Å². The van der Waals surface area contributed by atoms with Gasteiger partial charge in [-0.2, -0.15) is 0 Å². The number of aryl methyl sites for hydroxylation is 1. The zero-order valence-corrected chi connectivity index (χ0v) is 18.8. The van der Waals surface area contributed by atoms with Gasteiger partial charge >= 0.3 is 0 Å². The largest absolute Gasteiger partial charge is 0.355 e. The van der Waals surface area contributed by atoms with Gasteiger partial charge in [0.1, 0.15) is 0 Å². The number of carbonyl (C=O) groups excluding carboxylic acids is 1. The molecule has 0 bridgehead atoms. The van der Waals surface area contributed by atoms with Crippen LogP contribution in [0.5, 0.6) is 0 Å². The lowest BCUT2D eigenvalue weighted by Crippen LogP contribution is -2.18. The minimum absolute atomic E-state index is 0.163. The van der Waals surface area contributed by atoms with Gasteiger partial charge in [0.05, 0.1) is 16.0 Å². The number of carbonyl (C=O) groups is 1. The molecule has 1 N–H and O–H groups in total. The monoisotopic (exact) mass is 456 g/mol. The molecule has 0 unspecified atom stereocenters. The van der Waals surface area contributed by atoms with E-state index in [1.165, 1.54) is 17.2 Å². The van der Waals surface area contributed by atoms with Gasteiger partial charge in [0, 0.05) is 42.0 Å². The second kappa shape index (κ2) is 7.83. The van der Waals surface area contributed by atoms with E-state index in [1.807, 2.05) is 37.3 Å². The fourth-order valence-electron chi connectivity index (χ4n) is 3.83. The molecule has 0 aliphatic heterocycles. The molecule has 0 saturated carbocycles. The van der Waals surface area contributed by atoms with Crippen LogP contribution < -0.4 is 5.32 Å². The van der Waals surface area contributed by atoms with Gasteiger partial charge in [0.15, 0.2) is 5.65 Å². The van der Waals surface area contributed by atoms with Crippen molar-refractivity contribution in [3.63, 3.8) is 0 Å². The third-order valence-electron chi connectivity index (χ3n) is 5.59. The lowest BCUT2D eigenvalue weighted by Gasteiger charge is -2.07. The Labute approximate surface area is 190 Å². The number of aromatic nitrogens is 3. The Kier molecular flexibility index (Phi) is 4.94. The highest BCUT2D eigenvalue weighted by atomic mass is 32.2. The average Bonchev–Trinajstić information content (AvgIpc) is 3.23. The normalized spacial score (nSPS) is 11.7. The van der Waals surface area contributed by atoms with Crippen LogP contribution in [0.25, 0.3) is 33.1 Å². The first-order valence-electron chi connectivity index (χ1n) is 10.3. The molecule has 33 heavy (non-hydrogen) atoms. The molecule has 0 aliphatic carbocycles. The summed E-state index contributed by atoms with van der Waals surface area (Å²) in [6.07, 6.45) is 4.68. The van der Waals surface area contributed by atoms with E-state index in [-0.39, 0.29) is 16.4 Å². The van der Waals surface area contributed by atoms with E-state index in [2.05, 4.69) is 15.3 Å². The van der Waals surface area contributed by atoms with Crippen molar-refractivity contribution in [3.8, 4) is 11.1 Å². The zero-order valence-electron chi connectivity index (χ0n) is 18.0. The van der Waals surface area contributed by atoms with Crippen molar-refractivity contribution in [3.05, 3.63) is 90.4 Å². The molecular formula is C25H20N4O3S. The number of pyridine rings is 2. The van der Waals surface area contributed by atoms with Crippen LogP contribution in [-0.2, 0) is 10.0 Å². The van der Waals surface area contributed by atoms with E-state index in [1.54, 1.807) is 42.7 Å². The Balaban J connectivity index is 1.79. The van der Waals surface area contributed by atoms with Crippen LogP contribution in [0, 0.1) is 6.92 Å². The number of hydrogen-bond acceptors (Lipinski definition) is 5. The third-order valence-corrected chi connectivity index (χ3v) is 7.26. The second-order valence-electron chi connectivity index (χ2n) is 7.74. The number of hydrogen-bond donors (Lipinski definition) is 1. The topological polar surface area (TPSA) is 93.9 Å². The molecule has 0 spiro atoms. The predicted molar refractivity (Wildman–Crippen MR) is 128 cm³/mol. The molecule has 164 valence electrons. The van der Waals surface area contributed by atoms with Gasteiger partial charge in [0.2, 0.25) is 0 Å². The van der Waals surface area contributed by atoms with Gasteiger partial charge in [-0.05, 0) is 48.9 Å². The number of nitrogens with one attached hydrogen (secondary N) is 1. The number of benzene rings is 2. The van der Waals surface area contributed by atoms with Crippen molar-refractivity contribution >= 4 is 37.9 Å². The Morgan fingerprint density at radius 1 is 1.00 bits per heavy atom. The van der Waals surface area contributed by atoms with Crippen molar-refractivity contribution in [1.29, 1.82) is 0 Å². The molecule has 0 saturated heterocycles. The molecule has 5 aromatic rings. The quantitative estimate of drug-likeness (QED) is 0.438. The van der Waals surface area contributed by atoms with Crippen LogP contribution in [-0.4, -0.2) is 35.3 Å². The Hall–Kier alpha value is -4.04. The van der Waals surface area contributed by atoms with E-state index < -0.39 is 10.0 Å². The predicted octanol–water partition coefficient (Wildman–Crippen LogP) is 4.16. The maximum absolute atomic E-state index is 13.5. The summed E-state index contributed by atoms with van der Waals surface area (Å²) in [5, 5.41) is 4.07. The fraction of sp³-hybridized carbons (Fsp3) is 0.0800. The highest BCUT2D eigenvalue weighted by Gasteiger charge is 2.24. The van der Waals surface area contributed by atoms with E-state index in [0.29, 0.717) is 16.5 Å². The maximum atomic E-state index is 13.5. The lowest BCUT2D eigenvalue weighted by atomic mass is 10.0. The molecule has 0 aliphatic rings. The molecule has 0 atom stereocenters. The number of amides is 1. The minimum Gasteiger partial charge on any atom is -0.355 e. The standard InChI is InChI=1S/C25H20N4O3S/c1-16-5-8-20(9-6-16)33(31,32)29-15-22(17-7-10-23-18(12-17)4-3-11-27-23)21-13-19(25(30)26-2)14-28-24(21)29/h3-15H,1-2H3,(H,26,30). The van der Waals surface area contributed by atoms with Crippen LogP contribution in [0.4, 0.5) is 0 Å². The first-order valence-corrected chi connectivity index (χ1v) is 11.7. The molecule has 2 aromatic carbocycles. The summed E-state index contributed by atoms with van der Waals surface area (Å²) in [4.78, 5) is 21.1. The van der Waals surface area contributed by atoms with Gasteiger partial charge in [-0.1, -0.05) is 29.8 Å². The van der Waals surface area contributed by atoms with Crippen LogP contribution in [0.1, 0.15) is 15.9 Å². The fourth-order valence-corrected chi connectivity index (χ4v) is 5.15. The molecule has 0 fully saturated rings. The van der Waals surface area contributed by atoms with Gasteiger partial charge in [-0.3, -0.25) is 9.78 Å². The van der Waals surface area contributed by atoms with Crippen molar-refractivity contribution < 1.29 is 13.2 Å². The Morgan fingerprint density at radius 3 is 2.55 bits per heavy atom. The SMILES string of the molecule is CNC(=O)c1cnc2c(c1)c(-c1ccc3ncccc3c1)cn2S(=O)(=O)c1ccc(C)cc1. The van der Waals surface area contributed by atoms with E-state index in [0.717, 1.165) is 22.0 Å². The highest BCUT2D eigenvalue weighted by molar-refractivity contribution is 7.90. The van der Waals surface area contributed by atoms with Crippen molar-refractivity contribution in [2.45, 2.75) is 11.8 Å². The maximum Gasteiger partial charge on any atom is 0.269 e. The summed E-state index contributed by atoms with van der Waals surface area (Å²) in [5.41, 5.74) is 3.86. The summed E-state index contributed by atoms with van der Waals surface area (Å²) in [6.45, 7) is 1.90. The number of nitrogens with zero attached hydrogens (tertiary/aromatic N) is 3. The summed E-state index contributed by atoms with van der Waals surface area (Å²) < 4.78 is 28.2.